The number of fused-ring (bicyclic) bond motifs is 1. The molecule has 2 aromatic rings. The van der Waals surface area contributed by atoms with E-state index in [4.69, 9.17) is 0 Å². The summed E-state index contributed by atoms with van der Waals surface area (Å²) in [6.45, 7) is 0. The summed E-state index contributed by atoms with van der Waals surface area (Å²) in [5.41, 5.74) is 0.820. The standard InChI is InChI=1S/C11H13BrN4OS/c12-8-1-2-10-14-11(15-16(10)7-8)13-9-3-5-18(17)6-4-9/h1-2,7,9H,3-6H2,(H,13,15). The Kier molecular flexibility index (Phi) is 3.34. The van der Waals surface area contributed by atoms with Crippen molar-refractivity contribution < 1.29 is 4.21 Å². The van der Waals surface area contributed by atoms with Gasteiger partial charge in [-0.05, 0) is 40.9 Å². The summed E-state index contributed by atoms with van der Waals surface area (Å²) in [6, 6.07) is 4.19. The topological polar surface area (TPSA) is 59.3 Å². The molecule has 3 rings (SSSR count). The monoisotopic (exact) mass is 328 g/mol. The number of nitrogens with one attached hydrogen (secondary N) is 1. The van der Waals surface area contributed by atoms with Crippen molar-refractivity contribution in [3.8, 4) is 0 Å². The van der Waals surface area contributed by atoms with Crippen LogP contribution in [0.15, 0.2) is 22.8 Å². The first-order valence-corrected chi connectivity index (χ1v) is 8.12. The van der Waals surface area contributed by atoms with Crippen molar-refractivity contribution in [3.63, 3.8) is 0 Å². The van der Waals surface area contributed by atoms with E-state index in [-0.39, 0.29) is 0 Å². The molecule has 7 heteroatoms. The highest BCUT2D eigenvalue weighted by atomic mass is 79.9. The first-order chi connectivity index (χ1) is 8.70. The molecule has 0 spiro atoms. The largest absolute Gasteiger partial charge is 0.350 e. The van der Waals surface area contributed by atoms with Crippen molar-refractivity contribution in [2.24, 2.45) is 0 Å². The summed E-state index contributed by atoms with van der Waals surface area (Å²) < 4.78 is 14.0. The van der Waals surface area contributed by atoms with E-state index in [9.17, 15) is 4.21 Å². The third-order valence-corrected chi connectivity index (χ3v) is 4.87. The van der Waals surface area contributed by atoms with Crippen molar-refractivity contribution in [2.75, 3.05) is 16.8 Å². The average Bonchev–Trinajstić information content (AvgIpc) is 2.73. The molecule has 0 aromatic carbocycles. The van der Waals surface area contributed by atoms with Gasteiger partial charge >= 0.3 is 0 Å². The Morgan fingerprint density at radius 3 is 2.94 bits per heavy atom. The molecule has 0 amide bonds. The zero-order valence-electron chi connectivity index (χ0n) is 9.67. The molecule has 1 N–H and O–H groups in total. The van der Waals surface area contributed by atoms with Gasteiger partial charge in [0.1, 0.15) is 0 Å². The summed E-state index contributed by atoms with van der Waals surface area (Å²) in [5.74, 6) is 2.19. The molecule has 0 radical (unpaired) electrons. The number of nitrogens with zero attached hydrogens (tertiary/aromatic N) is 3. The van der Waals surface area contributed by atoms with E-state index in [0.717, 1.165) is 34.5 Å². The van der Waals surface area contributed by atoms with Crippen LogP contribution in [0.2, 0.25) is 0 Å². The number of halogens is 1. The summed E-state index contributed by atoms with van der Waals surface area (Å²) >= 11 is 3.40. The molecule has 0 saturated carbocycles. The van der Waals surface area contributed by atoms with E-state index in [0.29, 0.717) is 12.0 Å². The van der Waals surface area contributed by atoms with Gasteiger partial charge in [-0.15, -0.1) is 5.10 Å². The second kappa shape index (κ2) is 4.97. The average molecular weight is 329 g/mol. The minimum absolute atomic E-state index is 0.337. The van der Waals surface area contributed by atoms with E-state index < -0.39 is 10.8 Å². The van der Waals surface area contributed by atoms with Gasteiger partial charge in [0.15, 0.2) is 5.65 Å². The molecule has 1 fully saturated rings. The van der Waals surface area contributed by atoms with Gasteiger partial charge in [0.25, 0.3) is 0 Å². The molecule has 0 aliphatic carbocycles. The Morgan fingerprint density at radius 2 is 2.17 bits per heavy atom. The molecule has 3 heterocycles. The lowest BCUT2D eigenvalue weighted by molar-refractivity contribution is 0.620. The third kappa shape index (κ3) is 2.56. The van der Waals surface area contributed by atoms with Gasteiger partial charge < -0.3 is 5.32 Å². The number of hydrogen-bond donors (Lipinski definition) is 1. The molecule has 5 nitrogen and oxygen atoms in total. The van der Waals surface area contributed by atoms with Gasteiger partial charge in [-0.3, -0.25) is 4.21 Å². The number of hydrogen-bond acceptors (Lipinski definition) is 4. The second-order valence-corrected chi connectivity index (χ2v) is 6.96. The summed E-state index contributed by atoms with van der Waals surface area (Å²) in [6.07, 6.45) is 3.72. The Morgan fingerprint density at radius 1 is 1.39 bits per heavy atom. The molecule has 96 valence electrons. The number of aromatic nitrogens is 3. The quantitative estimate of drug-likeness (QED) is 0.913. The highest BCUT2D eigenvalue weighted by molar-refractivity contribution is 9.10. The van der Waals surface area contributed by atoms with Gasteiger partial charge in [0.2, 0.25) is 5.95 Å². The summed E-state index contributed by atoms with van der Waals surface area (Å²) in [5, 5.41) is 7.69. The lowest BCUT2D eigenvalue weighted by Gasteiger charge is -2.21. The van der Waals surface area contributed by atoms with Gasteiger partial charge in [-0.25, -0.2) is 4.52 Å². The van der Waals surface area contributed by atoms with E-state index in [1.807, 2.05) is 18.3 Å². The summed E-state index contributed by atoms with van der Waals surface area (Å²) in [7, 11) is -0.629. The predicted octanol–water partition coefficient (Wildman–Crippen LogP) is 1.81. The lowest BCUT2D eigenvalue weighted by atomic mass is 10.2. The zero-order chi connectivity index (χ0) is 12.5. The molecular formula is C11H13BrN4OS. The van der Waals surface area contributed by atoms with Gasteiger partial charge in [0.05, 0.1) is 0 Å². The number of pyridine rings is 1. The van der Waals surface area contributed by atoms with E-state index in [2.05, 4.69) is 31.3 Å². The van der Waals surface area contributed by atoms with Gasteiger partial charge in [0, 0.05) is 39.0 Å². The smallest absolute Gasteiger partial charge is 0.243 e. The molecular weight excluding hydrogens is 316 g/mol. The van der Waals surface area contributed by atoms with E-state index in [1.165, 1.54) is 0 Å². The predicted molar refractivity (Wildman–Crippen MR) is 75.2 cm³/mol. The molecule has 0 atom stereocenters. The van der Waals surface area contributed by atoms with Crippen LogP contribution in [-0.2, 0) is 10.8 Å². The fourth-order valence-electron chi connectivity index (χ4n) is 2.04. The molecule has 18 heavy (non-hydrogen) atoms. The van der Waals surface area contributed by atoms with Gasteiger partial charge in [-0.1, -0.05) is 0 Å². The van der Waals surface area contributed by atoms with Crippen LogP contribution in [0.5, 0.6) is 0 Å². The molecule has 0 bridgehead atoms. The van der Waals surface area contributed by atoms with E-state index >= 15 is 0 Å². The van der Waals surface area contributed by atoms with Crippen LogP contribution in [0.4, 0.5) is 5.95 Å². The minimum Gasteiger partial charge on any atom is -0.350 e. The fraction of sp³-hybridized carbons (Fsp3) is 0.455. The maximum atomic E-state index is 11.3. The van der Waals surface area contributed by atoms with Crippen LogP contribution in [0, 0.1) is 0 Å². The number of rotatable bonds is 2. The summed E-state index contributed by atoms with van der Waals surface area (Å²) in [4.78, 5) is 4.41. The van der Waals surface area contributed by atoms with Crippen molar-refractivity contribution in [3.05, 3.63) is 22.8 Å². The fourth-order valence-corrected chi connectivity index (χ4v) is 3.66. The van der Waals surface area contributed by atoms with Crippen molar-refractivity contribution >= 4 is 38.3 Å². The van der Waals surface area contributed by atoms with Crippen LogP contribution in [-0.4, -0.2) is 36.4 Å². The van der Waals surface area contributed by atoms with Crippen molar-refractivity contribution in [1.82, 2.24) is 14.6 Å². The Bertz CT molecular complexity index is 590. The maximum Gasteiger partial charge on any atom is 0.243 e. The minimum atomic E-state index is -0.629. The lowest BCUT2D eigenvalue weighted by Crippen LogP contribution is -2.29. The third-order valence-electron chi connectivity index (χ3n) is 3.02. The second-order valence-electron chi connectivity index (χ2n) is 4.35. The van der Waals surface area contributed by atoms with Gasteiger partial charge in [-0.2, -0.15) is 4.98 Å². The Labute approximate surface area is 116 Å². The first kappa shape index (κ1) is 12.1. The molecule has 0 unspecified atom stereocenters. The van der Waals surface area contributed by atoms with E-state index in [1.54, 1.807) is 4.52 Å². The first-order valence-electron chi connectivity index (χ1n) is 5.84. The maximum absolute atomic E-state index is 11.3. The molecule has 1 aliphatic rings. The molecule has 2 aromatic heterocycles. The van der Waals surface area contributed by atoms with Crippen LogP contribution >= 0.6 is 15.9 Å². The van der Waals surface area contributed by atoms with Crippen LogP contribution in [0.1, 0.15) is 12.8 Å². The van der Waals surface area contributed by atoms with Crippen molar-refractivity contribution in [1.29, 1.82) is 0 Å². The Hall–Kier alpha value is -0.950. The SMILES string of the molecule is O=S1CCC(Nc2nc3ccc(Br)cn3n2)CC1. The highest BCUT2D eigenvalue weighted by Crippen LogP contribution is 2.16. The normalized spacial score (nSPS) is 24.3. The number of anilines is 1. The van der Waals surface area contributed by atoms with Crippen molar-refractivity contribution in [2.45, 2.75) is 18.9 Å². The van der Waals surface area contributed by atoms with Crippen LogP contribution in [0.25, 0.3) is 5.65 Å². The molecule has 1 saturated heterocycles. The highest BCUT2D eigenvalue weighted by Gasteiger charge is 2.18. The van der Waals surface area contributed by atoms with Crippen LogP contribution < -0.4 is 5.32 Å². The molecule has 1 aliphatic heterocycles. The van der Waals surface area contributed by atoms with Crippen LogP contribution in [0.3, 0.4) is 0 Å². The Balaban J connectivity index is 1.76. The zero-order valence-corrected chi connectivity index (χ0v) is 12.1.